The Morgan fingerprint density at radius 3 is 2.53 bits per heavy atom. The lowest BCUT2D eigenvalue weighted by atomic mass is 10.0. The molecule has 0 saturated carbocycles. The van der Waals surface area contributed by atoms with Crippen molar-refractivity contribution < 1.29 is 26.7 Å². The van der Waals surface area contributed by atoms with E-state index in [4.69, 9.17) is 4.74 Å². The van der Waals surface area contributed by atoms with Gasteiger partial charge in [0.05, 0.1) is 17.0 Å². The number of nitrogens with zero attached hydrogens (tertiary/aromatic N) is 4. The largest absolute Gasteiger partial charge is 0.444 e. The summed E-state index contributed by atoms with van der Waals surface area (Å²) in [5, 5.41) is 3.61. The molecule has 1 aliphatic heterocycles. The number of carbonyl (C=O) groups is 1. The molecule has 2 aromatic heterocycles. The number of halogens is 2. The van der Waals surface area contributed by atoms with Crippen molar-refractivity contribution in [1.29, 1.82) is 0 Å². The van der Waals surface area contributed by atoms with Gasteiger partial charge in [-0.3, -0.25) is 14.1 Å². The van der Waals surface area contributed by atoms with Crippen molar-refractivity contribution in [2.24, 2.45) is 7.05 Å². The Morgan fingerprint density at radius 1 is 1.09 bits per heavy atom. The van der Waals surface area contributed by atoms with Crippen molar-refractivity contribution in [3.05, 3.63) is 82.3 Å². The van der Waals surface area contributed by atoms with Crippen LogP contribution in [0.25, 0.3) is 22.2 Å². The number of pyridine rings is 1. The van der Waals surface area contributed by atoms with Crippen LogP contribution in [0.3, 0.4) is 0 Å². The van der Waals surface area contributed by atoms with E-state index < -0.39 is 50.4 Å². The van der Waals surface area contributed by atoms with Crippen LogP contribution >= 0.6 is 0 Å². The van der Waals surface area contributed by atoms with Crippen LogP contribution in [0.4, 0.5) is 25.2 Å². The summed E-state index contributed by atoms with van der Waals surface area (Å²) in [6.45, 7) is 6.38. The molecular weight excluding hydrogens is 606 g/mol. The molecule has 0 bridgehead atoms. The van der Waals surface area contributed by atoms with Gasteiger partial charge in [-0.05, 0) is 57.4 Å². The third-order valence-corrected chi connectivity index (χ3v) is 8.44. The number of hydrogen-bond acceptors (Lipinski definition) is 8. The highest BCUT2D eigenvalue weighted by Gasteiger charge is 2.28. The lowest BCUT2D eigenvalue weighted by molar-refractivity contribution is 0.0206. The van der Waals surface area contributed by atoms with Crippen LogP contribution in [0.1, 0.15) is 39.2 Å². The molecule has 14 heteroatoms. The number of likely N-dealkylation sites (tertiary alicyclic amines) is 1. The molecule has 0 radical (unpaired) electrons. The monoisotopic (exact) mass is 640 g/mol. The molecule has 45 heavy (non-hydrogen) atoms. The second-order valence-electron chi connectivity index (χ2n) is 11.9. The molecule has 1 amide bonds. The summed E-state index contributed by atoms with van der Waals surface area (Å²) in [4.78, 5) is 36.3. The van der Waals surface area contributed by atoms with Crippen LogP contribution in [-0.2, 0) is 27.6 Å². The number of ether oxygens (including phenoxy) is 1. The van der Waals surface area contributed by atoms with Crippen molar-refractivity contribution in [2.75, 3.05) is 23.1 Å². The lowest BCUT2D eigenvalue weighted by Gasteiger charge is -2.34. The second-order valence-corrected chi connectivity index (χ2v) is 13.7. The number of amides is 1. The van der Waals surface area contributed by atoms with Crippen molar-refractivity contribution in [3.63, 3.8) is 0 Å². The van der Waals surface area contributed by atoms with Gasteiger partial charge in [-0.15, -0.1) is 0 Å². The van der Waals surface area contributed by atoms with E-state index in [2.05, 4.69) is 20.0 Å². The SMILES string of the molecule is Cn1c(=O)c(-c2ccc(NS(=O)(=O)Cc3ccccc3)c(F)c2F)cc2cnc(N[C@H]3CCCN(C(=O)OC(C)(C)C)C3)nc21. The molecule has 4 aromatic rings. The molecule has 0 spiro atoms. The normalized spacial score (nSPS) is 15.6. The molecule has 5 rings (SSSR count). The van der Waals surface area contributed by atoms with Gasteiger partial charge in [0, 0.05) is 43.3 Å². The number of sulfonamides is 1. The van der Waals surface area contributed by atoms with Gasteiger partial charge >= 0.3 is 6.09 Å². The average molecular weight is 641 g/mol. The van der Waals surface area contributed by atoms with E-state index in [1.54, 1.807) is 56.0 Å². The first-order chi connectivity index (χ1) is 21.2. The number of aromatic nitrogens is 3. The molecule has 1 atom stereocenters. The highest BCUT2D eigenvalue weighted by molar-refractivity contribution is 7.91. The van der Waals surface area contributed by atoms with Crippen molar-refractivity contribution in [2.45, 2.75) is 51.0 Å². The number of carbonyl (C=O) groups excluding carboxylic acids is 1. The first-order valence-corrected chi connectivity index (χ1v) is 16.0. The molecule has 0 aliphatic carbocycles. The summed E-state index contributed by atoms with van der Waals surface area (Å²) in [6.07, 6.45) is 2.58. The van der Waals surface area contributed by atoms with Gasteiger partial charge in [0.2, 0.25) is 16.0 Å². The Bertz CT molecular complexity index is 1910. The van der Waals surface area contributed by atoms with Crippen molar-refractivity contribution in [3.8, 4) is 11.1 Å². The van der Waals surface area contributed by atoms with E-state index >= 15 is 8.78 Å². The van der Waals surface area contributed by atoms with Gasteiger partial charge in [-0.25, -0.2) is 27.0 Å². The van der Waals surface area contributed by atoms with Crippen LogP contribution in [0, 0.1) is 11.6 Å². The van der Waals surface area contributed by atoms with Gasteiger partial charge in [0.1, 0.15) is 11.2 Å². The van der Waals surface area contributed by atoms with E-state index in [0.29, 0.717) is 24.0 Å². The molecule has 1 saturated heterocycles. The summed E-state index contributed by atoms with van der Waals surface area (Å²) in [7, 11) is -2.59. The van der Waals surface area contributed by atoms with Gasteiger partial charge in [-0.1, -0.05) is 30.3 Å². The number of hydrogen-bond donors (Lipinski definition) is 2. The predicted octanol–water partition coefficient (Wildman–Crippen LogP) is 5.03. The fourth-order valence-electron chi connectivity index (χ4n) is 5.11. The number of anilines is 2. The number of nitrogens with one attached hydrogen (secondary N) is 2. The fourth-order valence-corrected chi connectivity index (χ4v) is 6.31. The Morgan fingerprint density at radius 2 is 1.82 bits per heavy atom. The number of aryl methyl sites for hydroxylation is 1. The molecule has 0 unspecified atom stereocenters. The third kappa shape index (κ3) is 7.39. The van der Waals surface area contributed by atoms with Crippen LogP contribution in [0.15, 0.2) is 59.5 Å². The number of benzene rings is 2. The maximum absolute atomic E-state index is 15.3. The molecule has 11 nitrogen and oxygen atoms in total. The smallest absolute Gasteiger partial charge is 0.410 e. The fraction of sp³-hybridized carbons (Fsp3) is 0.355. The summed E-state index contributed by atoms with van der Waals surface area (Å²) < 4.78 is 64.4. The number of piperidine rings is 1. The van der Waals surface area contributed by atoms with Crippen LogP contribution < -0.4 is 15.6 Å². The van der Waals surface area contributed by atoms with Crippen LogP contribution in [0.2, 0.25) is 0 Å². The summed E-state index contributed by atoms with van der Waals surface area (Å²) in [5.41, 5.74) is -1.58. The van der Waals surface area contributed by atoms with E-state index in [-0.39, 0.29) is 28.8 Å². The summed E-state index contributed by atoms with van der Waals surface area (Å²) in [6, 6.07) is 11.7. The quantitative estimate of drug-likeness (QED) is 0.287. The van der Waals surface area contributed by atoms with E-state index in [0.717, 1.165) is 25.0 Å². The maximum Gasteiger partial charge on any atom is 0.410 e. The van der Waals surface area contributed by atoms with E-state index in [1.807, 2.05) is 0 Å². The third-order valence-electron chi connectivity index (χ3n) is 7.19. The Labute approximate surface area is 259 Å². The number of fused-ring (bicyclic) bond motifs is 1. The Balaban J connectivity index is 1.36. The van der Waals surface area contributed by atoms with Gasteiger partial charge in [-0.2, -0.15) is 4.98 Å². The van der Waals surface area contributed by atoms with Gasteiger partial charge in [0.25, 0.3) is 5.56 Å². The molecule has 238 valence electrons. The van der Waals surface area contributed by atoms with E-state index in [1.165, 1.54) is 23.9 Å². The first-order valence-electron chi connectivity index (χ1n) is 14.3. The molecule has 1 aliphatic rings. The minimum absolute atomic E-state index is 0.148. The zero-order chi connectivity index (χ0) is 32.5. The predicted molar refractivity (Wildman–Crippen MR) is 167 cm³/mol. The lowest BCUT2D eigenvalue weighted by Crippen LogP contribution is -2.47. The highest BCUT2D eigenvalue weighted by atomic mass is 32.2. The summed E-state index contributed by atoms with van der Waals surface area (Å²) >= 11 is 0. The molecule has 1 fully saturated rings. The average Bonchev–Trinajstić information content (AvgIpc) is 2.97. The minimum atomic E-state index is -4.05. The molecule has 2 N–H and O–H groups in total. The molecule has 2 aromatic carbocycles. The summed E-state index contributed by atoms with van der Waals surface area (Å²) in [5.74, 6) is -3.00. The topological polar surface area (TPSA) is 136 Å². The molecule has 3 heterocycles. The van der Waals surface area contributed by atoms with E-state index in [9.17, 15) is 18.0 Å². The van der Waals surface area contributed by atoms with Crippen LogP contribution in [-0.4, -0.2) is 58.7 Å². The Kier molecular flexibility index (Phi) is 8.79. The second kappa shape index (κ2) is 12.4. The Hall–Kier alpha value is -4.59. The van der Waals surface area contributed by atoms with Crippen LogP contribution in [0.5, 0.6) is 0 Å². The number of rotatable bonds is 7. The van der Waals surface area contributed by atoms with Gasteiger partial charge in [0.15, 0.2) is 11.6 Å². The minimum Gasteiger partial charge on any atom is -0.444 e. The maximum atomic E-state index is 15.3. The first kappa shape index (κ1) is 31.8. The standard InChI is InChI=1S/C31H34F2N6O5S/c1-31(2,3)44-30(41)39-14-8-11-21(17-39)35-29-34-16-20-15-23(28(40)38(4)27(20)36-29)22-12-13-24(26(33)25(22)32)37-45(42,43)18-19-9-6-5-7-10-19/h5-7,9-10,12-13,15-16,21,37H,8,11,14,17-18H2,1-4H3,(H,34,35,36)/t21-/m0/s1. The van der Waals surface area contributed by atoms with Crippen molar-refractivity contribution in [1.82, 2.24) is 19.4 Å². The molecular formula is C31H34F2N6O5S. The zero-order valence-corrected chi connectivity index (χ0v) is 26.1. The van der Waals surface area contributed by atoms with Gasteiger partial charge < -0.3 is 15.0 Å². The highest BCUT2D eigenvalue weighted by Crippen LogP contribution is 2.29. The van der Waals surface area contributed by atoms with Crippen molar-refractivity contribution >= 4 is 38.8 Å². The zero-order valence-electron chi connectivity index (χ0n) is 25.3.